The summed E-state index contributed by atoms with van der Waals surface area (Å²) in [6.45, 7) is 8.23. The molecule has 1 aliphatic rings. The first-order valence-corrected chi connectivity index (χ1v) is 6.92. The molecule has 0 saturated heterocycles. The molecule has 4 nitrogen and oxygen atoms in total. The minimum absolute atomic E-state index is 0.350. The molecule has 0 aromatic rings. The summed E-state index contributed by atoms with van der Waals surface area (Å²) in [6, 6.07) is 0. The molecule has 0 radical (unpaired) electrons. The topological polar surface area (TPSA) is 45.6 Å². The van der Waals surface area contributed by atoms with Crippen molar-refractivity contribution in [2.75, 3.05) is 20.3 Å². The summed E-state index contributed by atoms with van der Waals surface area (Å²) in [4.78, 5) is 0. The molecular formula is C13H25N3OS. The van der Waals surface area contributed by atoms with Crippen molar-refractivity contribution in [1.82, 2.24) is 10.7 Å². The van der Waals surface area contributed by atoms with Crippen LogP contribution in [0.25, 0.3) is 0 Å². The van der Waals surface area contributed by atoms with Gasteiger partial charge in [0, 0.05) is 19.4 Å². The fraction of sp³-hybridized carbons (Fsp3) is 0.846. The fourth-order valence-corrected chi connectivity index (χ4v) is 2.78. The van der Waals surface area contributed by atoms with Gasteiger partial charge in [0.1, 0.15) is 0 Å². The van der Waals surface area contributed by atoms with Gasteiger partial charge < -0.3 is 10.1 Å². The maximum Gasteiger partial charge on any atom is 0.187 e. The minimum atomic E-state index is 0.350. The third-order valence-electron chi connectivity index (χ3n) is 3.08. The van der Waals surface area contributed by atoms with Crippen LogP contribution in [0.5, 0.6) is 0 Å². The molecule has 1 rings (SSSR count). The van der Waals surface area contributed by atoms with Crippen LogP contribution in [-0.2, 0) is 4.74 Å². The minimum Gasteiger partial charge on any atom is -0.383 e. The van der Waals surface area contributed by atoms with Gasteiger partial charge in [0.05, 0.1) is 6.61 Å². The fourth-order valence-electron chi connectivity index (χ4n) is 2.64. The molecule has 0 aromatic heterocycles. The van der Waals surface area contributed by atoms with E-state index in [9.17, 15) is 0 Å². The molecule has 18 heavy (non-hydrogen) atoms. The van der Waals surface area contributed by atoms with Crippen molar-refractivity contribution in [3.63, 3.8) is 0 Å². The van der Waals surface area contributed by atoms with Gasteiger partial charge in [-0.15, -0.1) is 0 Å². The van der Waals surface area contributed by atoms with Crippen LogP contribution in [0.4, 0.5) is 0 Å². The second-order valence-corrected chi connectivity index (χ2v) is 6.30. The first kappa shape index (κ1) is 15.4. The van der Waals surface area contributed by atoms with Gasteiger partial charge >= 0.3 is 0 Å². The molecule has 1 aliphatic carbocycles. The summed E-state index contributed by atoms with van der Waals surface area (Å²) >= 11 is 5.14. The lowest BCUT2D eigenvalue weighted by atomic mass is 9.72. The van der Waals surface area contributed by atoms with Crippen LogP contribution in [0, 0.1) is 11.3 Å². The molecule has 0 spiro atoms. The molecule has 0 heterocycles. The highest BCUT2D eigenvalue weighted by atomic mass is 32.1. The first-order chi connectivity index (χ1) is 8.43. The van der Waals surface area contributed by atoms with Gasteiger partial charge in [-0.05, 0) is 42.8 Å². The average Bonchev–Trinajstić information content (AvgIpc) is 2.24. The van der Waals surface area contributed by atoms with Crippen molar-refractivity contribution >= 4 is 23.0 Å². The zero-order valence-electron chi connectivity index (χ0n) is 11.9. The summed E-state index contributed by atoms with van der Waals surface area (Å²) in [5, 5.41) is 8.04. The van der Waals surface area contributed by atoms with Gasteiger partial charge in [0.25, 0.3) is 0 Å². The molecule has 2 N–H and O–H groups in total. The monoisotopic (exact) mass is 271 g/mol. The Morgan fingerprint density at radius 2 is 2.28 bits per heavy atom. The zero-order valence-corrected chi connectivity index (χ0v) is 12.7. The highest BCUT2D eigenvalue weighted by Crippen LogP contribution is 2.36. The Morgan fingerprint density at radius 1 is 1.56 bits per heavy atom. The number of nitrogens with zero attached hydrogens (tertiary/aromatic N) is 1. The number of hydrogen-bond acceptors (Lipinski definition) is 3. The Morgan fingerprint density at radius 3 is 2.89 bits per heavy atom. The molecule has 0 bridgehead atoms. The molecule has 0 amide bonds. The maximum absolute atomic E-state index is 5.14. The summed E-state index contributed by atoms with van der Waals surface area (Å²) in [6.07, 6.45) is 3.38. The number of hydrogen-bond donors (Lipinski definition) is 2. The van der Waals surface area contributed by atoms with Crippen molar-refractivity contribution < 1.29 is 4.74 Å². The van der Waals surface area contributed by atoms with Crippen molar-refractivity contribution in [2.24, 2.45) is 16.4 Å². The number of hydrazone groups is 1. The van der Waals surface area contributed by atoms with E-state index in [-0.39, 0.29) is 0 Å². The van der Waals surface area contributed by atoms with Crippen LogP contribution in [0.2, 0.25) is 0 Å². The van der Waals surface area contributed by atoms with E-state index in [2.05, 4.69) is 36.6 Å². The Hall–Kier alpha value is -0.680. The predicted octanol–water partition coefficient (Wildman–Crippen LogP) is 2.30. The normalized spacial score (nSPS) is 24.9. The van der Waals surface area contributed by atoms with E-state index in [4.69, 9.17) is 17.0 Å². The third kappa shape index (κ3) is 5.78. The van der Waals surface area contributed by atoms with E-state index >= 15 is 0 Å². The van der Waals surface area contributed by atoms with Crippen molar-refractivity contribution in [2.45, 2.75) is 40.0 Å². The number of methoxy groups -OCH3 is 1. The van der Waals surface area contributed by atoms with E-state index in [1.54, 1.807) is 7.11 Å². The first-order valence-electron chi connectivity index (χ1n) is 6.51. The van der Waals surface area contributed by atoms with E-state index < -0.39 is 0 Å². The van der Waals surface area contributed by atoms with Gasteiger partial charge in [0.15, 0.2) is 5.11 Å². The molecule has 104 valence electrons. The number of thiocarbonyl (C=S) groups is 1. The summed E-state index contributed by atoms with van der Waals surface area (Å²) in [7, 11) is 1.67. The second-order valence-electron chi connectivity index (χ2n) is 5.89. The van der Waals surface area contributed by atoms with Crippen LogP contribution < -0.4 is 10.7 Å². The SMILES string of the molecule is COCCNC(=S)NN=C1CC(C)CC(C)(C)C1. The van der Waals surface area contributed by atoms with Crippen LogP contribution in [-0.4, -0.2) is 31.1 Å². The smallest absolute Gasteiger partial charge is 0.187 e. The Kier molecular flexibility index (Phi) is 6.02. The van der Waals surface area contributed by atoms with Crippen LogP contribution in [0.3, 0.4) is 0 Å². The lowest BCUT2D eigenvalue weighted by Gasteiger charge is -2.34. The molecule has 1 fully saturated rings. The van der Waals surface area contributed by atoms with Crippen LogP contribution in [0.1, 0.15) is 40.0 Å². The summed E-state index contributed by atoms with van der Waals surface area (Å²) in [5.74, 6) is 0.698. The van der Waals surface area contributed by atoms with E-state index in [1.165, 1.54) is 12.1 Å². The van der Waals surface area contributed by atoms with Gasteiger partial charge in [0.2, 0.25) is 0 Å². The summed E-state index contributed by atoms with van der Waals surface area (Å²) in [5.41, 5.74) is 4.49. The molecule has 1 unspecified atom stereocenters. The Labute approximate surface area is 116 Å². The van der Waals surface area contributed by atoms with Crippen LogP contribution in [0.15, 0.2) is 5.10 Å². The predicted molar refractivity (Wildman–Crippen MR) is 79.8 cm³/mol. The molecule has 5 heteroatoms. The highest BCUT2D eigenvalue weighted by molar-refractivity contribution is 7.80. The molecule has 0 aliphatic heterocycles. The summed E-state index contributed by atoms with van der Waals surface area (Å²) < 4.78 is 4.94. The second kappa shape index (κ2) is 7.04. The molecule has 1 saturated carbocycles. The number of nitrogens with one attached hydrogen (secondary N) is 2. The molecule has 1 atom stereocenters. The van der Waals surface area contributed by atoms with Crippen molar-refractivity contribution in [3.05, 3.63) is 0 Å². The van der Waals surface area contributed by atoms with Crippen molar-refractivity contribution in [3.8, 4) is 0 Å². The maximum atomic E-state index is 5.14. The van der Waals surface area contributed by atoms with Gasteiger partial charge in [-0.25, -0.2) is 0 Å². The quantitative estimate of drug-likeness (QED) is 0.468. The number of ether oxygens (including phenoxy) is 1. The zero-order chi connectivity index (χ0) is 13.6. The largest absolute Gasteiger partial charge is 0.383 e. The van der Waals surface area contributed by atoms with Gasteiger partial charge in [-0.1, -0.05) is 20.8 Å². The highest BCUT2D eigenvalue weighted by Gasteiger charge is 2.29. The number of rotatable bonds is 4. The average molecular weight is 271 g/mol. The molecular weight excluding hydrogens is 246 g/mol. The van der Waals surface area contributed by atoms with Crippen LogP contribution >= 0.6 is 12.2 Å². The lowest BCUT2D eigenvalue weighted by molar-refractivity contribution is 0.204. The Bertz CT molecular complexity index is 315. The van der Waals surface area contributed by atoms with Gasteiger partial charge in [-0.2, -0.15) is 5.10 Å². The Balaban J connectivity index is 2.39. The standard InChI is InChI=1S/C13H25N3OS/c1-10-7-11(9-13(2,3)8-10)15-16-12(18)14-5-6-17-4/h10H,5-9H2,1-4H3,(H2,14,16,18). The van der Waals surface area contributed by atoms with E-state index in [0.717, 1.165) is 12.8 Å². The van der Waals surface area contributed by atoms with Crippen molar-refractivity contribution in [1.29, 1.82) is 0 Å². The lowest BCUT2D eigenvalue weighted by Crippen LogP contribution is -2.36. The van der Waals surface area contributed by atoms with E-state index in [1.807, 2.05) is 0 Å². The third-order valence-corrected chi connectivity index (χ3v) is 3.31. The van der Waals surface area contributed by atoms with E-state index in [0.29, 0.717) is 29.6 Å². The van der Waals surface area contributed by atoms with Gasteiger partial charge in [-0.3, -0.25) is 5.43 Å². The molecule has 0 aromatic carbocycles.